The van der Waals surface area contributed by atoms with Crippen LogP contribution >= 0.6 is 11.8 Å². The number of benzene rings is 1. The fourth-order valence-corrected chi connectivity index (χ4v) is 3.65. The Bertz CT molecular complexity index is 893. The molecule has 9 heteroatoms. The molecule has 2 rings (SSSR count). The first kappa shape index (κ1) is 21.7. The van der Waals surface area contributed by atoms with Gasteiger partial charge in [0.15, 0.2) is 10.9 Å². The predicted molar refractivity (Wildman–Crippen MR) is 110 cm³/mol. The molecule has 0 fully saturated rings. The van der Waals surface area contributed by atoms with Crippen LogP contribution in [0.15, 0.2) is 17.3 Å². The quantitative estimate of drug-likeness (QED) is 0.402. The molecule has 1 amide bonds. The van der Waals surface area contributed by atoms with Gasteiger partial charge in [-0.25, -0.2) is 4.98 Å². The summed E-state index contributed by atoms with van der Waals surface area (Å²) in [6, 6.07) is 2.87. The lowest BCUT2D eigenvalue weighted by molar-refractivity contribution is -0.385. The third kappa shape index (κ3) is 5.03. The molecule has 8 nitrogen and oxygen atoms in total. The molecular weight excluding hydrogens is 380 g/mol. The van der Waals surface area contributed by atoms with Crippen LogP contribution in [-0.2, 0) is 11.3 Å². The molecular formula is C19H26N4O4S. The number of ether oxygens (including phenoxy) is 1. The Labute approximate surface area is 168 Å². The van der Waals surface area contributed by atoms with Gasteiger partial charge in [0.1, 0.15) is 0 Å². The molecule has 152 valence electrons. The van der Waals surface area contributed by atoms with Crippen LogP contribution in [0.3, 0.4) is 0 Å². The second-order valence-electron chi connectivity index (χ2n) is 7.00. The third-order valence-electron chi connectivity index (χ3n) is 4.30. The first-order valence-corrected chi connectivity index (χ1v) is 9.92. The number of imidazole rings is 1. The molecule has 0 radical (unpaired) electrons. The van der Waals surface area contributed by atoms with Crippen molar-refractivity contribution in [3.63, 3.8) is 0 Å². The van der Waals surface area contributed by atoms with Gasteiger partial charge < -0.3 is 14.6 Å². The Balaban J connectivity index is 2.12. The van der Waals surface area contributed by atoms with E-state index in [1.807, 2.05) is 13.8 Å². The van der Waals surface area contributed by atoms with Gasteiger partial charge in [0, 0.05) is 30.1 Å². The number of methoxy groups -OCH3 is 1. The summed E-state index contributed by atoms with van der Waals surface area (Å²) in [4.78, 5) is 27.6. The molecule has 28 heavy (non-hydrogen) atoms. The van der Waals surface area contributed by atoms with Crippen LogP contribution in [0.2, 0.25) is 0 Å². The minimum atomic E-state index is -0.507. The number of nitrogens with one attached hydrogen (secondary N) is 1. The maximum absolute atomic E-state index is 12.4. The lowest BCUT2D eigenvalue weighted by Crippen LogP contribution is -2.16. The van der Waals surface area contributed by atoms with Crippen LogP contribution in [0.25, 0.3) is 0 Å². The van der Waals surface area contributed by atoms with Crippen molar-refractivity contribution >= 4 is 29.0 Å². The van der Waals surface area contributed by atoms with Crippen molar-refractivity contribution in [3.8, 4) is 5.75 Å². The van der Waals surface area contributed by atoms with E-state index in [4.69, 9.17) is 4.74 Å². The van der Waals surface area contributed by atoms with Gasteiger partial charge >= 0.3 is 5.69 Å². The minimum absolute atomic E-state index is 0.109. The largest absolute Gasteiger partial charge is 0.490 e. The van der Waals surface area contributed by atoms with E-state index in [1.165, 1.54) is 31.0 Å². The second-order valence-corrected chi connectivity index (χ2v) is 7.95. The molecule has 2 aromatic rings. The molecule has 0 aliphatic heterocycles. The summed E-state index contributed by atoms with van der Waals surface area (Å²) in [6.07, 6.45) is 0. The van der Waals surface area contributed by atoms with Crippen LogP contribution in [0.4, 0.5) is 11.4 Å². The highest BCUT2D eigenvalue weighted by Crippen LogP contribution is 2.33. The number of aryl methyl sites for hydroxylation is 2. The van der Waals surface area contributed by atoms with Crippen LogP contribution in [0.5, 0.6) is 5.75 Å². The summed E-state index contributed by atoms with van der Waals surface area (Å²) in [6.45, 7) is 10.8. The van der Waals surface area contributed by atoms with Crippen LogP contribution in [0.1, 0.15) is 30.8 Å². The molecule has 0 bridgehead atoms. The van der Waals surface area contributed by atoms with Crippen LogP contribution in [-0.4, -0.2) is 33.2 Å². The summed E-state index contributed by atoms with van der Waals surface area (Å²) >= 11 is 1.38. The number of amides is 1. The number of anilines is 1. The zero-order valence-corrected chi connectivity index (χ0v) is 17.8. The monoisotopic (exact) mass is 406 g/mol. The number of aromatic nitrogens is 2. The molecule has 1 heterocycles. The molecule has 0 atom stereocenters. The third-order valence-corrected chi connectivity index (χ3v) is 5.28. The Hall–Kier alpha value is -2.55. The molecule has 0 aliphatic carbocycles. The highest BCUT2D eigenvalue weighted by molar-refractivity contribution is 7.99. The van der Waals surface area contributed by atoms with Gasteiger partial charge in [0.2, 0.25) is 5.91 Å². The maximum atomic E-state index is 12.4. The topological polar surface area (TPSA) is 99.3 Å². The molecule has 0 saturated carbocycles. The fourth-order valence-electron chi connectivity index (χ4n) is 2.74. The Kier molecular flexibility index (Phi) is 7.06. The molecule has 0 spiro atoms. The standard InChI is InChI=1S/C19H26N4O4S/c1-11(2)9-22-14(5)13(4)20-19(22)28-10-18(24)21-15-8-17(27-6)16(23(25)26)7-12(15)3/h7-8,11H,9-10H2,1-6H3,(H,21,24). The van der Waals surface area contributed by atoms with Crippen molar-refractivity contribution in [1.82, 2.24) is 9.55 Å². The van der Waals surface area contributed by atoms with Gasteiger partial charge in [-0.15, -0.1) is 0 Å². The maximum Gasteiger partial charge on any atom is 0.311 e. The molecule has 1 aromatic carbocycles. The summed E-state index contributed by atoms with van der Waals surface area (Å²) in [7, 11) is 1.36. The number of nitro benzene ring substituents is 1. The van der Waals surface area contributed by atoms with Crippen molar-refractivity contribution in [1.29, 1.82) is 0 Å². The van der Waals surface area contributed by atoms with Crippen molar-refractivity contribution in [2.45, 2.75) is 46.3 Å². The summed E-state index contributed by atoms with van der Waals surface area (Å²) in [5.41, 5.74) is 3.02. The van der Waals surface area contributed by atoms with Gasteiger partial charge in [-0.3, -0.25) is 14.9 Å². The average molecular weight is 407 g/mol. The van der Waals surface area contributed by atoms with E-state index in [9.17, 15) is 14.9 Å². The molecule has 0 saturated heterocycles. The van der Waals surface area contributed by atoms with E-state index < -0.39 is 4.92 Å². The normalized spacial score (nSPS) is 11.0. The predicted octanol–water partition coefficient (Wildman–Crippen LogP) is 4.11. The zero-order valence-electron chi connectivity index (χ0n) is 17.0. The summed E-state index contributed by atoms with van der Waals surface area (Å²) in [5.74, 6) is 0.554. The summed E-state index contributed by atoms with van der Waals surface area (Å²) < 4.78 is 7.21. The fraction of sp³-hybridized carbons (Fsp3) is 0.474. The Morgan fingerprint density at radius 2 is 2.04 bits per heavy atom. The number of thioether (sulfide) groups is 1. The molecule has 0 unspecified atom stereocenters. The van der Waals surface area contributed by atoms with E-state index in [0.29, 0.717) is 17.2 Å². The number of nitro groups is 1. The number of rotatable bonds is 8. The van der Waals surface area contributed by atoms with E-state index in [-0.39, 0.29) is 23.1 Å². The number of carbonyl (C=O) groups excluding carboxylic acids is 1. The molecule has 1 aromatic heterocycles. The average Bonchev–Trinajstić information content (AvgIpc) is 2.88. The highest BCUT2D eigenvalue weighted by Gasteiger charge is 2.19. The molecule has 0 aliphatic rings. The van der Waals surface area contributed by atoms with Gasteiger partial charge in [0.25, 0.3) is 0 Å². The first-order chi connectivity index (χ1) is 13.1. The van der Waals surface area contributed by atoms with E-state index >= 15 is 0 Å². The highest BCUT2D eigenvalue weighted by atomic mass is 32.2. The SMILES string of the molecule is COc1cc(NC(=O)CSc2nc(C)c(C)n2CC(C)C)c(C)cc1[N+](=O)[O-]. The van der Waals surface area contributed by atoms with E-state index in [2.05, 4.69) is 28.7 Å². The van der Waals surface area contributed by atoms with Gasteiger partial charge in [-0.2, -0.15) is 0 Å². The Morgan fingerprint density at radius 3 is 2.61 bits per heavy atom. The van der Waals surface area contributed by atoms with Crippen molar-refractivity contribution in [2.75, 3.05) is 18.2 Å². The summed E-state index contributed by atoms with van der Waals surface area (Å²) in [5, 5.41) is 14.7. The lowest BCUT2D eigenvalue weighted by Gasteiger charge is -2.13. The van der Waals surface area contributed by atoms with Gasteiger partial charge in [0.05, 0.1) is 23.5 Å². The van der Waals surface area contributed by atoms with Gasteiger partial charge in [-0.1, -0.05) is 25.6 Å². The van der Waals surface area contributed by atoms with Gasteiger partial charge in [-0.05, 0) is 32.3 Å². The number of hydrogen-bond acceptors (Lipinski definition) is 6. The van der Waals surface area contributed by atoms with Crippen LogP contribution in [0, 0.1) is 36.8 Å². The first-order valence-electron chi connectivity index (χ1n) is 8.93. The zero-order chi connectivity index (χ0) is 21.0. The lowest BCUT2D eigenvalue weighted by atomic mass is 10.1. The smallest absolute Gasteiger partial charge is 0.311 e. The number of nitrogens with zero attached hydrogens (tertiary/aromatic N) is 3. The minimum Gasteiger partial charge on any atom is -0.490 e. The molecule has 1 N–H and O–H groups in total. The Morgan fingerprint density at radius 1 is 1.36 bits per heavy atom. The number of carbonyl (C=O) groups is 1. The van der Waals surface area contributed by atoms with E-state index in [0.717, 1.165) is 23.1 Å². The number of hydrogen-bond donors (Lipinski definition) is 1. The van der Waals surface area contributed by atoms with Crippen molar-refractivity contribution in [3.05, 3.63) is 39.2 Å². The van der Waals surface area contributed by atoms with Crippen molar-refractivity contribution in [2.24, 2.45) is 5.92 Å². The van der Waals surface area contributed by atoms with Crippen molar-refractivity contribution < 1.29 is 14.5 Å². The van der Waals surface area contributed by atoms with E-state index in [1.54, 1.807) is 6.92 Å². The van der Waals surface area contributed by atoms with Crippen LogP contribution < -0.4 is 10.1 Å². The second kappa shape index (κ2) is 9.09.